The van der Waals surface area contributed by atoms with Crippen LogP contribution in [0.15, 0.2) is 18.2 Å². The summed E-state index contributed by atoms with van der Waals surface area (Å²) in [6.07, 6.45) is 0. The first kappa shape index (κ1) is 17.3. The predicted molar refractivity (Wildman–Crippen MR) is 95.7 cm³/mol. The zero-order chi connectivity index (χ0) is 18.0. The van der Waals surface area contributed by atoms with Gasteiger partial charge in [-0.25, -0.2) is 4.98 Å². The van der Waals surface area contributed by atoms with Crippen LogP contribution in [0.5, 0.6) is 0 Å². The molecule has 0 radical (unpaired) electrons. The maximum Gasteiger partial charge on any atom is 0.293 e. The fourth-order valence-corrected chi connectivity index (χ4v) is 3.39. The Balaban J connectivity index is 1.85. The van der Waals surface area contributed by atoms with Crippen molar-refractivity contribution in [3.05, 3.63) is 44.4 Å². The Morgan fingerprint density at radius 3 is 2.68 bits per heavy atom. The third kappa shape index (κ3) is 3.77. The van der Waals surface area contributed by atoms with Crippen LogP contribution in [0.2, 0.25) is 0 Å². The Labute approximate surface area is 148 Å². The number of benzene rings is 1. The van der Waals surface area contributed by atoms with Gasteiger partial charge in [0.15, 0.2) is 5.13 Å². The third-order valence-corrected chi connectivity index (χ3v) is 5.02. The minimum absolute atomic E-state index is 0.0824. The van der Waals surface area contributed by atoms with Crippen LogP contribution in [0, 0.1) is 24.0 Å². The van der Waals surface area contributed by atoms with Crippen LogP contribution in [0.3, 0.4) is 0 Å². The molecule has 0 spiro atoms. The summed E-state index contributed by atoms with van der Waals surface area (Å²) < 4.78 is 5.28. The summed E-state index contributed by atoms with van der Waals surface area (Å²) in [7, 11) is 0. The van der Waals surface area contributed by atoms with E-state index in [1.807, 2.05) is 18.7 Å². The monoisotopic (exact) mass is 362 g/mol. The molecule has 132 valence electrons. The fourth-order valence-electron chi connectivity index (χ4n) is 2.58. The van der Waals surface area contributed by atoms with Crippen LogP contribution in [-0.4, -0.2) is 42.1 Å². The van der Waals surface area contributed by atoms with Crippen molar-refractivity contribution in [3.8, 4) is 0 Å². The highest BCUT2D eigenvalue weighted by Crippen LogP contribution is 2.30. The van der Waals surface area contributed by atoms with E-state index in [1.54, 1.807) is 12.1 Å². The van der Waals surface area contributed by atoms with E-state index in [9.17, 15) is 14.9 Å². The number of nitrogens with one attached hydrogen (secondary N) is 1. The Bertz CT molecular complexity index is 795. The van der Waals surface area contributed by atoms with Crippen molar-refractivity contribution in [2.75, 3.05) is 36.5 Å². The first-order valence-corrected chi connectivity index (χ1v) is 8.64. The van der Waals surface area contributed by atoms with Gasteiger partial charge in [-0.05, 0) is 26.0 Å². The topological polar surface area (TPSA) is 97.6 Å². The lowest BCUT2D eigenvalue weighted by atomic mass is 10.1. The number of aryl methyl sites for hydroxylation is 2. The Morgan fingerprint density at radius 1 is 1.36 bits per heavy atom. The van der Waals surface area contributed by atoms with Gasteiger partial charge in [0, 0.05) is 29.6 Å². The molecular weight excluding hydrogens is 344 g/mol. The Morgan fingerprint density at radius 2 is 2.08 bits per heavy atom. The van der Waals surface area contributed by atoms with Crippen LogP contribution < -0.4 is 10.2 Å². The number of carbonyl (C=O) groups is 1. The van der Waals surface area contributed by atoms with Crippen LogP contribution in [-0.2, 0) is 4.74 Å². The van der Waals surface area contributed by atoms with Crippen molar-refractivity contribution >= 4 is 33.8 Å². The number of nitro benzene ring substituents is 1. The van der Waals surface area contributed by atoms with E-state index in [0.717, 1.165) is 10.6 Å². The van der Waals surface area contributed by atoms with E-state index in [1.165, 1.54) is 17.4 Å². The zero-order valence-corrected chi connectivity index (χ0v) is 14.8. The van der Waals surface area contributed by atoms with E-state index in [-0.39, 0.29) is 11.3 Å². The second-order valence-corrected chi connectivity index (χ2v) is 6.88. The molecule has 9 heteroatoms. The van der Waals surface area contributed by atoms with Gasteiger partial charge >= 0.3 is 0 Å². The number of hydrogen-bond acceptors (Lipinski definition) is 7. The highest BCUT2D eigenvalue weighted by Gasteiger charge is 2.23. The molecule has 0 unspecified atom stereocenters. The number of ether oxygens (including phenoxy) is 1. The minimum Gasteiger partial charge on any atom is -0.378 e. The van der Waals surface area contributed by atoms with Gasteiger partial charge in [-0.2, -0.15) is 0 Å². The summed E-state index contributed by atoms with van der Waals surface area (Å²) in [6, 6.07) is 4.53. The number of anilines is 2. The molecule has 3 rings (SSSR count). The lowest BCUT2D eigenvalue weighted by molar-refractivity contribution is -0.384. The van der Waals surface area contributed by atoms with Crippen molar-refractivity contribution in [2.24, 2.45) is 0 Å². The van der Waals surface area contributed by atoms with Crippen LogP contribution in [0.1, 0.15) is 20.9 Å². The summed E-state index contributed by atoms with van der Waals surface area (Å²) >= 11 is 1.37. The minimum atomic E-state index is -0.459. The first-order chi connectivity index (χ1) is 12.0. The summed E-state index contributed by atoms with van der Waals surface area (Å²) in [5.74, 6) is -0.412. The summed E-state index contributed by atoms with van der Waals surface area (Å²) in [5.41, 5.74) is 1.51. The highest BCUT2D eigenvalue weighted by atomic mass is 32.1. The Kier molecular flexibility index (Phi) is 4.95. The smallest absolute Gasteiger partial charge is 0.293 e. The molecule has 2 aromatic rings. The lowest BCUT2D eigenvalue weighted by Crippen LogP contribution is -2.36. The number of aromatic nitrogens is 1. The van der Waals surface area contributed by atoms with E-state index >= 15 is 0 Å². The number of carbonyl (C=O) groups excluding carboxylic acids is 1. The number of hydrogen-bond donors (Lipinski definition) is 1. The molecule has 8 nitrogen and oxygen atoms in total. The van der Waals surface area contributed by atoms with Crippen molar-refractivity contribution in [3.63, 3.8) is 0 Å². The van der Waals surface area contributed by atoms with E-state index in [2.05, 4.69) is 10.3 Å². The number of nitrogens with zero attached hydrogens (tertiary/aromatic N) is 3. The largest absolute Gasteiger partial charge is 0.378 e. The van der Waals surface area contributed by atoms with Gasteiger partial charge in [0.05, 0.1) is 23.8 Å². The average molecular weight is 362 g/mol. The van der Waals surface area contributed by atoms with Crippen molar-refractivity contribution in [1.82, 2.24) is 4.98 Å². The molecule has 2 heterocycles. The molecule has 1 aliphatic rings. The van der Waals surface area contributed by atoms with Gasteiger partial charge in [-0.1, -0.05) is 0 Å². The predicted octanol–water partition coefficient (Wildman–Crippen LogP) is 2.76. The SMILES string of the molecule is Cc1nc(NC(=O)c2ccc(N3CCOCC3)c([N+](=O)[O-])c2)sc1C. The van der Waals surface area contributed by atoms with E-state index in [4.69, 9.17) is 4.74 Å². The second kappa shape index (κ2) is 7.16. The molecule has 1 N–H and O–H groups in total. The quantitative estimate of drug-likeness (QED) is 0.663. The molecule has 0 saturated carbocycles. The van der Waals surface area contributed by atoms with Gasteiger partial charge in [0.2, 0.25) is 0 Å². The number of thiazole rings is 1. The maximum atomic E-state index is 12.4. The van der Waals surface area contributed by atoms with E-state index < -0.39 is 10.8 Å². The molecule has 1 aliphatic heterocycles. The molecule has 1 amide bonds. The molecule has 1 aromatic carbocycles. The molecule has 25 heavy (non-hydrogen) atoms. The molecule has 1 fully saturated rings. The average Bonchev–Trinajstić information content (AvgIpc) is 2.92. The Hall–Kier alpha value is -2.52. The van der Waals surface area contributed by atoms with Crippen molar-refractivity contribution in [2.45, 2.75) is 13.8 Å². The van der Waals surface area contributed by atoms with E-state index in [0.29, 0.717) is 37.1 Å². The van der Waals surface area contributed by atoms with Gasteiger partial charge in [-0.15, -0.1) is 11.3 Å². The summed E-state index contributed by atoms with van der Waals surface area (Å²) in [5, 5.41) is 14.6. The van der Waals surface area contributed by atoms with Crippen LogP contribution in [0.25, 0.3) is 0 Å². The van der Waals surface area contributed by atoms with Gasteiger partial charge in [0.1, 0.15) is 5.69 Å². The molecule has 0 aliphatic carbocycles. The second-order valence-electron chi connectivity index (χ2n) is 5.67. The normalized spacial score (nSPS) is 14.4. The molecule has 0 atom stereocenters. The molecule has 1 aromatic heterocycles. The molecule has 1 saturated heterocycles. The zero-order valence-electron chi connectivity index (χ0n) is 13.9. The summed E-state index contributed by atoms with van der Waals surface area (Å²) in [6.45, 7) is 6.02. The van der Waals surface area contributed by atoms with Gasteiger partial charge < -0.3 is 9.64 Å². The van der Waals surface area contributed by atoms with Crippen molar-refractivity contribution in [1.29, 1.82) is 0 Å². The number of nitro groups is 1. The molecule has 0 bridgehead atoms. The fraction of sp³-hybridized carbons (Fsp3) is 0.375. The number of morpholine rings is 1. The maximum absolute atomic E-state index is 12.4. The third-order valence-electron chi connectivity index (χ3n) is 4.04. The summed E-state index contributed by atoms with van der Waals surface area (Å²) in [4.78, 5) is 30.6. The van der Waals surface area contributed by atoms with Crippen molar-refractivity contribution < 1.29 is 14.5 Å². The standard InChI is InChI=1S/C16H18N4O4S/c1-10-11(2)25-16(17-10)18-15(21)12-3-4-13(14(9-12)20(22)23)19-5-7-24-8-6-19/h3-4,9H,5-8H2,1-2H3,(H,17,18,21). The molecular formula is C16H18N4O4S. The number of rotatable bonds is 4. The van der Waals surface area contributed by atoms with Crippen LogP contribution >= 0.6 is 11.3 Å². The lowest BCUT2D eigenvalue weighted by Gasteiger charge is -2.28. The van der Waals surface area contributed by atoms with Gasteiger partial charge in [-0.3, -0.25) is 20.2 Å². The number of amides is 1. The highest BCUT2D eigenvalue weighted by molar-refractivity contribution is 7.15. The first-order valence-electron chi connectivity index (χ1n) is 7.82. The van der Waals surface area contributed by atoms with Crippen LogP contribution in [0.4, 0.5) is 16.5 Å². The van der Waals surface area contributed by atoms with Gasteiger partial charge in [0.25, 0.3) is 11.6 Å².